The number of fused-ring (bicyclic) bond motifs is 2. The molecule has 3 aromatic heterocycles. The van der Waals surface area contributed by atoms with Crippen molar-refractivity contribution < 1.29 is 17.6 Å². The van der Waals surface area contributed by atoms with Gasteiger partial charge in [0.1, 0.15) is 11.7 Å². The van der Waals surface area contributed by atoms with E-state index < -0.39 is 18.7 Å². The molecule has 1 saturated carbocycles. The Morgan fingerprint density at radius 3 is 2.75 bits per heavy atom. The normalized spacial score (nSPS) is 19.6. The SMILES string of the molecule is Fc1nn(CC(F)(F)F)c2cc([C@H]3C[C@@H]3c3cc(Cl)nn4ccnc34)ccc12. The van der Waals surface area contributed by atoms with E-state index in [1.54, 1.807) is 35.1 Å². The highest BCUT2D eigenvalue weighted by Gasteiger charge is 2.41. The molecule has 0 N–H and O–H groups in total. The van der Waals surface area contributed by atoms with E-state index in [-0.39, 0.29) is 22.7 Å². The summed E-state index contributed by atoms with van der Waals surface area (Å²) < 4.78 is 54.5. The Hall–Kier alpha value is -2.68. The second-order valence-corrected chi connectivity index (χ2v) is 7.29. The van der Waals surface area contributed by atoms with Crippen molar-refractivity contribution >= 4 is 28.2 Å². The molecule has 0 saturated heterocycles. The number of nitrogens with zero attached hydrogens (tertiary/aromatic N) is 5. The summed E-state index contributed by atoms with van der Waals surface area (Å²) in [4.78, 5) is 4.31. The van der Waals surface area contributed by atoms with Crippen LogP contribution in [-0.4, -0.2) is 30.6 Å². The van der Waals surface area contributed by atoms with Crippen LogP contribution in [0.3, 0.4) is 0 Å². The Bertz CT molecular complexity index is 1210. The van der Waals surface area contributed by atoms with Crippen LogP contribution in [0.5, 0.6) is 0 Å². The number of halogens is 5. The maximum absolute atomic E-state index is 13.9. The van der Waals surface area contributed by atoms with E-state index in [1.807, 2.05) is 0 Å². The van der Waals surface area contributed by atoms with E-state index in [2.05, 4.69) is 15.2 Å². The monoisotopic (exact) mass is 409 g/mol. The molecule has 10 heteroatoms. The molecule has 0 bridgehead atoms. The average molecular weight is 410 g/mol. The second kappa shape index (κ2) is 5.91. The molecule has 0 amide bonds. The van der Waals surface area contributed by atoms with Gasteiger partial charge in [-0.3, -0.25) is 4.68 Å². The van der Waals surface area contributed by atoms with Crippen LogP contribution in [0.2, 0.25) is 5.15 Å². The van der Waals surface area contributed by atoms with Crippen LogP contribution in [0.4, 0.5) is 17.6 Å². The number of rotatable bonds is 3. The molecule has 28 heavy (non-hydrogen) atoms. The summed E-state index contributed by atoms with van der Waals surface area (Å²) in [5.41, 5.74) is 2.60. The second-order valence-electron chi connectivity index (χ2n) is 6.91. The van der Waals surface area contributed by atoms with Crippen molar-refractivity contribution in [3.8, 4) is 0 Å². The molecule has 4 aromatic rings. The first kappa shape index (κ1) is 17.4. The zero-order valence-corrected chi connectivity index (χ0v) is 14.9. The van der Waals surface area contributed by atoms with Gasteiger partial charge in [0.25, 0.3) is 0 Å². The van der Waals surface area contributed by atoms with Crippen molar-refractivity contribution in [3.05, 3.63) is 58.9 Å². The van der Waals surface area contributed by atoms with Crippen molar-refractivity contribution in [1.82, 2.24) is 24.4 Å². The van der Waals surface area contributed by atoms with Gasteiger partial charge in [0.2, 0.25) is 5.95 Å². The average Bonchev–Trinajstić information content (AvgIpc) is 3.18. The van der Waals surface area contributed by atoms with E-state index in [4.69, 9.17) is 11.6 Å². The van der Waals surface area contributed by atoms with Gasteiger partial charge in [0.05, 0.1) is 10.9 Å². The molecule has 0 radical (unpaired) electrons. The van der Waals surface area contributed by atoms with Crippen molar-refractivity contribution in [1.29, 1.82) is 0 Å². The molecule has 1 aliphatic rings. The fourth-order valence-electron chi connectivity index (χ4n) is 3.76. The molecule has 3 heterocycles. The Kier molecular flexibility index (Phi) is 3.67. The fourth-order valence-corrected chi connectivity index (χ4v) is 3.96. The van der Waals surface area contributed by atoms with Gasteiger partial charge in [-0.25, -0.2) is 9.50 Å². The van der Waals surface area contributed by atoms with Crippen LogP contribution in [0.25, 0.3) is 16.6 Å². The molecular weight excluding hydrogens is 398 g/mol. The minimum absolute atomic E-state index is 0.0767. The number of aromatic nitrogens is 5. The minimum Gasteiger partial charge on any atom is -0.253 e. The molecule has 1 aromatic carbocycles. The molecule has 0 unspecified atom stereocenters. The van der Waals surface area contributed by atoms with Gasteiger partial charge in [-0.1, -0.05) is 17.7 Å². The molecule has 5 nitrogen and oxygen atoms in total. The lowest BCUT2D eigenvalue weighted by molar-refractivity contribution is -0.142. The molecule has 0 aliphatic heterocycles. The Labute approximate surface area is 160 Å². The standard InChI is InChI=1S/C18H12ClF4N5/c19-15-7-13(17-24-3-4-27(17)25-15)12-6-11(12)9-1-2-10-14(5-9)28(26-16(10)20)8-18(21,22)23/h1-5,7,11-12H,6,8H2/t11-,12+/m1/s1. The quantitative estimate of drug-likeness (QED) is 0.461. The van der Waals surface area contributed by atoms with E-state index in [0.29, 0.717) is 15.5 Å². The Morgan fingerprint density at radius 1 is 1.14 bits per heavy atom. The van der Waals surface area contributed by atoms with Crippen LogP contribution in [0.15, 0.2) is 36.7 Å². The first-order valence-electron chi connectivity index (χ1n) is 8.53. The number of hydrogen-bond donors (Lipinski definition) is 0. The summed E-state index contributed by atoms with van der Waals surface area (Å²) in [6.07, 6.45) is -0.357. The van der Waals surface area contributed by atoms with Crippen molar-refractivity contribution in [3.63, 3.8) is 0 Å². The van der Waals surface area contributed by atoms with E-state index in [9.17, 15) is 17.6 Å². The first-order chi connectivity index (χ1) is 13.3. The Balaban J connectivity index is 1.52. The highest BCUT2D eigenvalue weighted by molar-refractivity contribution is 6.29. The zero-order valence-electron chi connectivity index (χ0n) is 14.2. The fraction of sp³-hybridized carbons (Fsp3) is 0.278. The molecule has 1 fully saturated rings. The molecule has 144 valence electrons. The van der Waals surface area contributed by atoms with Gasteiger partial charge < -0.3 is 0 Å². The van der Waals surface area contributed by atoms with Crippen LogP contribution in [0, 0.1) is 5.95 Å². The highest BCUT2D eigenvalue weighted by Crippen LogP contribution is 2.55. The predicted molar refractivity (Wildman–Crippen MR) is 93.8 cm³/mol. The molecular formula is C18H12ClF4N5. The molecule has 1 aliphatic carbocycles. The van der Waals surface area contributed by atoms with Crippen LogP contribution < -0.4 is 0 Å². The number of imidazole rings is 1. The van der Waals surface area contributed by atoms with Gasteiger partial charge in [-0.2, -0.15) is 22.7 Å². The van der Waals surface area contributed by atoms with Crippen molar-refractivity contribution in [2.24, 2.45) is 0 Å². The summed E-state index contributed by atoms with van der Waals surface area (Å²) in [5, 5.41) is 7.98. The van der Waals surface area contributed by atoms with Gasteiger partial charge >= 0.3 is 6.18 Å². The lowest BCUT2D eigenvalue weighted by Gasteiger charge is -2.08. The lowest BCUT2D eigenvalue weighted by Crippen LogP contribution is -2.18. The van der Waals surface area contributed by atoms with Crippen molar-refractivity contribution in [2.45, 2.75) is 31.0 Å². The smallest absolute Gasteiger partial charge is 0.253 e. The third-order valence-corrected chi connectivity index (χ3v) is 5.22. The van der Waals surface area contributed by atoms with Crippen LogP contribution in [0.1, 0.15) is 29.4 Å². The highest BCUT2D eigenvalue weighted by atomic mass is 35.5. The summed E-state index contributed by atoms with van der Waals surface area (Å²) in [6, 6.07) is 6.58. The lowest BCUT2D eigenvalue weighted by atomic mass is 10.0. The van der Waals surface area contributed by atoms with Crippen LogP contribution >= 0.6 is 11.6 Å². The maximum atomic E-state index is 13.9. The van der Waals surface area contributed by atoms with Crippen molar-refractivity contribution in [2.75, 3.05) is 0 Å². The third kappa shape index (κ3) is 2.90. The van der Waals surface area contributed by atoms with Gasteiger partial charge in [0.15, 0.2) is 5.65 Å². The van der Waals surface area contributed by atoms with E-state index >= 15 is 0 Å². The summed E-state index contributed by atoms with van der Waals surface area (Å²) >= 11 is 6.09. The zero-order chi connectivity index (χ0) is 19.6. The minimum atomic E-state index is -4.48. The summed E-state index contributed by atoms with van der Waals surface area (Å²) in [5.74, 6) is -0.703. The van der Waals surface area contributed by atoms with Gasteiger partial charge in [-0.05, 0) is 42.0 Å². The largest absolute Gasteiger partial charge is 0.408 e. The van der Waals surface area contributed by atoms with Crippen LogP contribution in [-0.2, 0) is 6.54 Å². The summed E-state index contributed by atoms with van der Waals surface area (Å²) in [6.45, 7) is -1.33. The third-order valence-electron chi connectivity index (χ3n) is 5.04. The van der Waals surface area contributed by atoms with Gasteiger partial charge in [0, 0.05) is 18.0 Å². The van der Waals surface area contributed by atoms with E-state index in [1.165, 1.54) is 6.07 Å². The number of benzene rings is 1. The maximum Gasteiger partial charge on any atom is 0.408 e. The topological polar surface area (TPSA) is 48.0 Å². The number of alkyl halides is 3. The first-order valence-corrected chi connectivity index (χ1v) is 8.90. The number of hydrogen-bond acceptors (Lipinski definition) is 3. The summed E-state index contributed by atoms with van der Waals surface area (Å²) in [7, 11) is 0. The molecule has 2 atom stereocenters. The predicted octanol–water partition coefficient (Wildman–Crippen LogP) is 4.70. The van der Waals surface area contributed by atoms with E-state index in [0.717, 1.165) is 17.5 Å². The molecule has 0 spiro atoms. The molecule has 5 rings (SSSR count). The Morgan fingerprint density at radius 2 is 1.96 bits per heavy atom. The van der Waals surface area contributed by atoms with Gasteiger partial charge in [-0.15, -0.1) is 5.10 Å².